The maximum atomic E-state index is 12.0. The highest BCUT2D eigenvalue weighted by Gasteiger charge is 2.31. The molecule has 0 aliphatic carbocycles. The lowest BCUT2D eigenvalue weighted by molar-refractivity contribution is -0.127. The molecular weight excluding hydrogens is 238 g/mol. The smallest absolute Gasteiger partial charge is 0.223 e. The van der Waals surface area contributed by atoms with Gasteiger partial charge in [0, 0.05) is 25.4 Å². The Kier molecular flexibility index (Phi) is 3.23. The summed E-state index contributed by atoms with van der Waals surface area (Å²) in [6.07, 6.45) is 2.79. The first-order chi connectivity index (χ1) is 9.28. The van der Waals surface area contributed by atoms with Gasteiger partial charge in [-0.25, -0.2) is 4.98 Å². The molecule has 1 aromatic heterocycles. The van der Waals surface area contributed by atoms with Gasteiger partial charge in [0.2, 0.25) is 5.91 Å². The van der Waals surface area contributed by atoms with E-state index in [4.69, 9.17) is 0 Å². The number of H-pyrrole nitrogens is 1. The molecule has 4 heteroatoms. The Morgan fingerprint density at radius 3 is 3.05 bits per heavy atom. The number of carbonyl (C=O) groups excluding carboxylic acids is 1. The highest BCUT2D eigenvalue weighted by molar-refractivity contribution is 5.80. The number of rotatable bonds is 4. The molecule has 1 aromatic carbocycles. The Morgan fingerprint density at radius 1 is 1.42 bits per heavy atom. The lowest BCUT2D eigenvalue weighted by Crippen LogP contribution is -2.26. The zero-order valence-corrected chi connectivity index (χ0v) is 11.2. The molecule has 1 aliphatic heterocycles. The molecule has 19 heavy (non-hydrogen) atoms. The standard InChI is InChI=1S/C15H19N3O/c1-2-3-8-18-10-11(9-14(18)19)15-16-12-6-4-5-7-13(12)17-15/h4-7,11H,2-3,8-10H2,1H3,(H,16,17). The lowest BCUT2D eigenvalue weighted by Gasteiger charge is -2.15. The molecule has 1 saturated heterocycles. The fourth-order valence-electron chi connectivity index (χ4n) is 2.69. The molecule has 100 valence electrons. The molecule has 1 N–H and O–H groups in total. The number of benzene rings is 1. The second-order valence-corrected chi connectivity index (χ2v) is 5.23. The zero-order valence-electron chi connectivity index (χ0n) is 11.2. The molecule has 4 nitrogen and oxygen atoms in total. The number of likely N-dealkylation sites (tertiary alicyclic amines) is 1. The number of hydrogen-bond acceptors (Lipinski definition) is 2. The fourth-order valence-corrected chi connectivity index (χ4v) is 2.69. The largest absolute Gasteiger partial charge is 0.342 e. The van der Waals surface area contributed by atoms with Gasteiger partial charge in [0.15, 0.2) is 0 Å². The van der Waals surface area contributed by atoms with Crippen molar-refractivity contribution in [3.63, 3.8) is 0 Å². The Hall–Kier alpha value is -1.84. The second-order valence-electron chi connectivity index (χ2n) is 5.23. The van der Waals surface area contributed by atoms with Crippen molar-refractivity contribution in [2.24, 2.45) is 0 Å². The second kappa shape index (κ2) is 5.03. The van der Waals surface area contributed by atoms with Gasteiger partial charge < -0.3 is 9.88 Å². The fraction of sp³-hybridized carbons (Fsp3) is 0.467. The summed E-state index contributed by atoms with van der Waals surface area (Å²) in [5.74, 6) is 1.43. The first-order valence-electron chi connectivity index (χ1n) is 7.00. The van der Waals surface area contributed by atoms with Crippen LogP contribution >= 0.6 is 0 Å². The van der Waals surface area contributed by atoms with Gasteiger partial charge in [-0.15, -0.1) is 0 Å². The Balaban J connectivity index is 1.78. The van der Waals surface area contributed by atoms with Crippen LogP contribution in [0.1, 0.15) is 37.9 Å². The molecule has 0 saturated carbocycles. The molecule has 3 rings (SSSR count). The van der Waals surface area contributed by atoms with Gasteiger partial charge in [-0.2, -0.15) is 0 Å². The number of carbonyl (C=O) groups is 1. The van der Waals surface area contributed by atoms with Gasteiger partial charge in [-0.05, 0) is 18.6 Å². The zero-order chi connectivity index (χ0) is 13.2. The van der Waals surface area contributed by atoms with E-state index in [-0.39, 0.29) is 11.8 Å². The number of para-hydroxylation sites is 2. The monoisotopic (exact) mass is 257 g/mol. The molecule has 0 radical (unpaired) electrons. The van der Waals surface area contributed by atoms with E-state index in [9.17, 15) is 4.79 Å². The van der Waals surface area contributed by atoms with Crippen LogP contribution in [0.25, 0.3) is 11.0 Å². The normalized spacial score (nSPS) is 19.5. The van der Waals surface area contributed by atoms with E-state index in [2.05, 4.69) is 16.9 Å². The highest BCUT2D eigenvalue weighted by atomic mass is 16.2. The van der Waals surface area contributed by atoms with Crippen LogP contribution < -0.4 is 0 Å². The summed E-state index contributed by atoms with van der Waals surface area (Å²) in [4.78, 5) is 21.9. The molecule has 1 fully saturated rings. The minimum Gasteiger partial charge on any atom is -0.342 e. The van der Waals surface area contributed by atoms with Crippen LogP contribution in [0.2, 0.25) is 0 Å². The molecule has 0 spiro atoms. The van der Waals surface area contributed by atoms with Crippen LogP contribution in [-0.2, 0) is 4.79 Å². The van der Waals surface area contributed by atoms with Crippen molar-refractivity contribution in [1.82, 2.24) is 14.9 Å². The maximum Gasteiger partial charge on any atom is 0.223 e. The highest BCUT2D eigenvalue weighted by Crippen LogP contribution is 2.27. The number of imidazole rings is 1. The van der Waals surface area contributed by atoms with Gasteiger partial charge >= 0.3 is 0 Å². The molecular formula is C15H19N3O. The number of aromatic amines is 1. The minimum absolute atomic E-state index is 0.219. The molecule has 1 unspecified atom stereocenters. The van der Waals surface area contributed by atoms with Gasteiger partial charge in [0.05, 0.1) is 11.0 Å². The predicted octanol–water partition coefficient (Wildman–Crippen LogP) is 2.68. The van der Waals surface area contributed by atoms with Crippen molar-refractivity contribution < 1.29 is 4.79 Å². The maximum absolute atomic E-state index is 12.0. The third-order valence-corrected chi connectivity index (χ3v) is 3.79. The summed E-state index contributed by atoms with van der Waals surface area (Å²) in [5.41, 5.74) is 2.04. The van der Waals surface area contributed by atoms with Gasteiger partial charge in [-0.1, -0.05) is 25.5 Å². The molecule has 0 bridgehead atoms. The SMILES string of the molecule is CCCCN1CC(c2nc3ccccc3[nH]2)CC1=O. The van der Waals surface area contributed by atoms with E-state index in [0.29, 0.717) is 6.42 Å². The number of nitrogens with zero attached hydrogens (tertiary/aromatic N) is 2. The van der Waals surface area contributed by atoms with Crippen molar-refractivity contribution >= 4 is 16.9 Å². The van der Waals surface area contributed by atoms with E-state index in [1.54, 1.807) is 0 Å². The van der Waals surface area contributed by atoms with E-state index < -0.39 is 0 Å². The number of hydrogen-bond donors (Lipinski definition) is 1. The first kappa shape index (κ1) is 12.2. The summed E-state index contributed by atoms with van der Waals surface area (Å²) < 4.78 is 0. The minimum atomic E-state index is 0.219. The van der Waals surface area contributed by atoms with Crippen LogP contribution in [0.3, 0.4) is 0 Å². The van der Waals surface area contributed by atoms with Crippen molar-refractivity contribution in [3.05, 3.63) is 30.1 Å². The summed E-state index contributed by atoms with van der Waals surface area (Å²) in [7, 11) is 0. The summed E-state index contributed by atoms with van der Waals surface area (Å²) in [6, 6.07) is 8.01. The van der Waals surface area contributed by atoms with E-state index in [1.165, 1.54) is 0 Å². The quantitative estimate of drug-likeness (QED) is 0.915. The topological polar surface area (TPSA) is 49.0 Å². The Labute approximate surface area is 112 Å². The van der Waals surface area contributed by atoms with Crippen LogP contribution in [0.15, 0.2) is 24.3 Å². The molecule has 1 aliphatic rings. The molecule has 1 atom stereocenters. The Bertz CT molecular complexity index is 557. The predicted molar refractivity (Wildman–Crippen MR) is 74.9 cm³/mol. The number of unbranched alkanes of at least 4 members (excludes halogenated alkanes) is 1. The van der Waals surface area contributed by atoms with Crippen molar-refractivity contribution in [1.29, 1.82) is 0 Å². The Morgan fingerprint density at radius 2 is 2.26 bits per heavy atom. The van der Waals surface area contributed by atoms with E-state index >= 15 is 0 Å². The average Bonchev–Trinajstić information content (AvgIpc) is 2.99. The third-order valence-electron chi connectivity index (χ3n) is 3.79. The van der Waals surface area contributed by atoms with Crippen LogP contribution in [0.5, 0.6) is 0 Å². The van der Waals surface area contributed by atoms with Gasteiger partial charge in [0.1, 0.15) is 5.82 Å². The van der Waals surface area contributed by atoms with Crippen LogP contribution in [0, 0.1) is 0 Å². The van der Waals surface area contributed by atoms with Gasteiger partial charge in [-0.3, -0.25) is 4.79 Å². The number of nitrogens with one attached hydrogen (secondary N) is 1. The van der Waals surface area contributed by atoms with E-state index in [0.717, 1.165) is 42.8 Å². The van der Waals surface area contributed by atoms with Gasteiger partial charge in [0.25, 0.3) is 0 Å². The van der Waals surface area contributed by atoms with Crippen molar-refractivity contribution in [2.75, 3.05) is 13.1 Å². The summed E-state index contributed by atoms with van der Waals surface area (Å²) in [5, 5.41) is 0. The van der Waals surface area contributed by atoms with Crippen molar-refractivity contribution in [3.8, 4) is 0 Å². The lowest BCUT2D eigenvalue weighted by atomic mass is 10.1. The number of aromatic nitrogens is 2. The van der Waals surface area contributed by atoms with Crippen LogP contribution in [0.4, 0.5) is 0 Å². The average molecular weight is 257 g/mol. The molecule has 1 amide bonds. The molecule has 2 aromatic rings. The molecule has 2 heterocycles. The summed E-state index contributed by atoms with van der Waals surface area (Å²) in [6.45, 7) is 3.84. The van der Waals surface area contributed by atoms with Crippen molar-refractivity contribution in [2.45, 2.75) is 32.1 Å². The van der Waals surface area contributed by atoms with Crippen LogP contribution in [-0.4, -0.2) is 33.9 Å². The van der Waals surface area contributed by atoms with E-state index in [1.807, 2.05) is 29.2 Å². The number of fused-ring (bicyclic) bond motifs is 1. The number of amides is 1. The first-order valence-corrected chi connectivity index (χ1v) is 7.00. The summed E-state index contributed by atoms with van der Waals surface area (Å²) >= 11 is 0. The third kappa shape index (κ3) is 2.35.